The van der Waals surface area contributed by atoms with Gasteiger partial charge in [-0.3, -0.25) is 0 Å². The van der Waals surface area contributed by atoms with E-state index >= 15 is 0 Å². The van der Waals surface area contributed by atoms with Crippen molar-refractivity contribution >= 4 is 17.3 Å². The topological polar surface area (TPSA) is 59.3 Å². The van der Waals surface area contributed by atoms with Gasteiger partial charge in [0.2, 0.25) is 0 Å². The Kier molecular flexibility index (Phi) is 4.57. The zero-order valence-corrected chi connectivity index (χ0v) is 14.6. The van der Waals surface area contributed by atoms with Crippen molar-refractivity contribution in [3.63, 3.8) is 0 Å². The van der Waals surface area contributed by atoms with Gasteiger partial charge in [-0.1, -0.05) is 0 Å². The molecule has 1 aromatic carbocycles. The fourth-order valence-electron chi connectivity index (χ4n) is 3.68. The van der Waals surface area contributed by atoms with Gasteiger partial charge >= 0.3 is 0 Å². The van der Waals surface area contributed by atoms with Crippen LogP contribution in [0.15, 0.2) is 30.6 Å². The zero-order chi connectivity index (χ0) is 17.9. The molecule has 134 valence electrons. The summed E-state index contributed by atoms with van der Waals surface area (Å²) in [5, 5.41) is 9.26. The van der Waals surface area contributed by atoms with Gasteiger partial charge in [0.25, 0.3) is 0 Å². The lowest BCUT2D eigenvalue weighted by atomic mass is 10.1. The summed E-state index contributed by atoms with van der Waals surface area (Å²) in [7, 11) is 0. The number of hydrogen-bond acceptors (Lipinski definition) is 6. The lowest BCUT2D eigenvalue weighted by molar-refractivity contribution is 0.623. The van der Waals surface area contributed by atoms with Crippen LogP contribution < -0.4 is 14.7 Å². The molecule has 26 heavy (non-hydrogen) atoms. The third-order valence-electron chi connectivity index (χ3n) is 5.09. The Hall–Kier alpha value is -2.88. The van der Waals surface area contributed by atoms with Crippen molar-refractivity contribution in [2.24, 2.45) is 0 Å². The van der Waals surface area contributed by atoms with Crippen LogP contribution in [0.4, 0.5) is 21.7 Å². The minimum absolute atomic E-state index is 0.376. The van der Waals surface area contributed by atoms with Gasteiger partial charge in [0.1, 0.15) is 29.8 Å². The zero-order valence-electron chi connectivity index (χ0n) is 14.6. The summed E-state index contributed by atoms with van der Waals surface area (Å²) in [5.74, 6) is 1.57. The number of hydrogen-bond donors (Lipinski definition) is 0. The van der Waals surface area contributed by atoms with Gasteiger partial charge in [0.15, 0.2) is 0 Å². The van der Waals surface area contributed by atoms with Gasteiger partial charge in [-0.25, -0.2) is 14.4 Å². The van der Waals surface area contributed by atoms with Gasteiger partial charge in [0.05, 0.1) is 11.3 Å². The largest absolute Gasteiger partial charge is 0.367 e. The monoisotopic (exact) mass is 352 g/mol. The highest BCUT2D eigenvalue weighted by atomic mass is 19.1. The molecule has 0 bridgehead atoms. The summed E-state index contributed by atoms with van der Waals surface area (Å²) >= 11 is 0. The molecule has 2 aromatic rings. The van der Waals surface area contributed by atoms with E-state index < -0.39 is 0 Å². The van der Waals surface area contributed by atoms with E-state index in [1.165, 1.54) is 25.0 Å². The predicted molar refractivity (Wildman–Crippen MR) is 99.0 cm³/mol. The van der Waals surface area contributed by atoms with Crippen molar-refractivity contribution in [3.05, 3.63) is 42.0 Å². The first-order valence-corrected chi connectivity index (χ1v) is 9.01. The molecule has 0 amide bonds. The van der Waals surface area contributed by atoms with E-state index in [1.807, 2.05) is 0 Å². The lowest BCUT2D eigenvalue weighted by Gasteiger charge is -2.37. The summed E-state index contributed by atoms with van der Waals surface area (Å²) in [6, 6.07) is 8.57. The summed E-state index contributed by atoms with van der Waals surface area (Å²) in [4.78, 5) is 15.5. The maximum absolute atomic E-state index is 13.4. The first-order valence-electron chi connectivity index (χ1n) is 9.01. The number of nitrogens with zero attached hydrogens (tertiary/aromatic N) is 6. The molecule has 0 N–H and O–H groups in total. The molecule has 7 heteroatoms. The highest BCUT2D eigenvalue weighted by molar-refractivity contribution is 5.60. The molecule has 4 rings (SSSR count). The maximum Gasteiger partial charge on any atom is 0.134 e. The van der Waals surface area contributed by atoms with Crippen molar-refractivity contribution in [1.29, 1.82) is 5.26 Å². The minimum atomic E-state index is -0.376. The van der Waals surface area contributed by atoms with Crippen LogP contribution in [-0.4, -0.2) is 49.2 Å². The highest BCUT2D eigenvalue weighted by Gasteiger charge is 2.22. The normalized spacial score (nSPS) is 17.5. The first kappa shape index (κ1) is 16.6. The van der Waals surface area contributed by atoms with E-state index in [-0.39, 0.29) is 5.82 Å². The second-order valence-corrected chi connectivity index (χ2v) is 6.68. The highest BCUT2D eigenvalue weighted by Crippen LogP contribution is 2.25. The van der Waals surface area contributed by atoms with Crippen LogP contribution >= 0.6 is 0 Å². The second kappa shape index (κ2) is 7.16. The Morgan fingerprint density at radius 3 is 2.12 bits per heavy atom. The number of anilines is 3. The molecule has 2 aliphatic heterocycles. The molecule has 0 saturated carbocycles. The molecule has 2 saturated heterocycles. The Balaban J connectivity index is 1.46. The van der Waals surface area contributed by atoms with Crippen molar-refractivity contribution in [2.45, 2.75) is 12.8 Å². The van der Waals surface area contributed by atoms with E-state index in [9.17, 15) is 9.65 Å². The van der Waals surface area contributed by atoms with Gasteiger partial charge in [-0.15, -0.1) is 0 Å². The molecule has 3 heterocycles. The van der Waals surface area contributed by atoms with Crippen LogP contribution in [0.1, 0.15) is 18.4 Å². The molecule has 0 unspecified atom stereocenters. The van der Waals surface area contributed by atoms with Crippen molar-refractivity contribution in [3.8, 4) is 6.07 Å². The van der Waals surface area contributed by atoms with E-state index in [2.05, 4.69) is 36.8 Å². The fraction of sp³-hybridized carbons (Fsp3) is 0.421. The molecule has 2 aliphatic rings. The van der Waals surface area contributed by atoms with Crippen LogP contribution in [-0.2, 0) is 0 Å². The molecule has 2 fully saturated rings. The van der Waals surface area contributed by atoms with Gasteiger partial charge in [-0.05, 0) is 31.0 Å². The van der Waals surface area contributed by atoms with Gasteiger partial charge in [-0.2, -0.15) is 5.26 Å². The Morgan fingerprint density at radius 1 is 0.846 bits per heavy atom. The number of piperazine rings is 1. The number of halogens is 1. The quantitative estimate of drug-likeness (QED) is 0.845. The molecular weight excluding hydrogens is 331 g/mol. The van der Waals surface area contributed by atoms with Crippen molar-refractivity contribution in [1.82, 2.24) is 9.97 Å². The summed E-state index contributed by atoms with van der Waals surface area (Å²) in [6.45, 7) is 5.27. The van der Waals surface area contributed by atoms with Crippen LogP contribution in [0.2, 0.25) is 0 Å². The molecule has 1 aromatic heterocycles. The van der Waals surface area contributed by atoms with Gasteiger partial charge in [0, 0.05) is 45.3 Å². The Labute approximate surface area is 152 Å². The number of benzene rings is 1. The second-order valence-electron chi connectivity index (χ2n) is 6.68. The molecule has 0 spiro atoms. The predicted octanol–water partition coefficient (Wildman–Crippen LogP) is 2.41. The molecule has 0 atom stereocenters. The third-order valence-corrected chi connectivity index (χ3v) is 5.09. The van der Waals surface area contributed by atoms with Crippen molar-refractivity contribution < 1.29 is 4.39 Å². The molecule has 0 radical (unpaired) electrons. The summed E-state index contributed by atoms with van der Waals surface area (Å²) in [5.41, 5.74) is 1.19. The van der Waals surface area contributed by atoms with E-state index in [0.717, 1.165) is 56.6 Å². The molecular formula is C19H21FN6. The lowest BCUT2D eigenvalue weighted by Crippen LogP contribution is -2.47. The maximum atomic E-state index is 13.4. The van der Waals surface area contributed by atoms with Crippen LogP contribution in [0.3, 0.4) is 0 Å². The first-order chi connectivity index (χ1) is 12.7. The number of nitriles is 1. The summed E-state index contributed by atoms with van der Waals surface area (Å²) in [6.07, 6.45) is 4.08. The van der Waals surface area contributed by atoms with Gasteiger partial charge < -0.3 is 14.7 Å². The molecule has 0 aliphatic carbocycles. The minimum Gasteiger partial charge on any atom is -0.367 e. The Bertz CT molecular complexity index is 819. The average molecular weight is 352 g/mol. The SMILES string of the molecule is N#Cc1cc(F)ccc1N1CCN(c2cc(N3CCCC3)ncn2)CC1. The fourth-order valence-corrected chi connectivity index (χ4v) is 3.68. The molecule has 6 nitrogen and oxygen atoms in total. The standard InChI is InChI=1S/C19H21FN6/c20-16-3-4-17(15(11-16)13-21)24-7-9-26(10-8-24)19-12-18(22-14-23-19)25-5-1-2-6-25/h3-4,11-12,14H,1-2,5-10H2. The van der Waals surface area contributed by atoms with E-state index in [1.54, 1.807) is 12.4 Å². The Morgan fingerprint density at radius 2 is 1.46 bits per heavy atom. The van der Waals surface area contributed by atoms with Crippen molar-refractivity contribution in [2.75, 3.05) is 54.0 Å². The third kappa shape index (κ3) is 3.27. The van der Waals surface area contributed by atoms with Crippen LogP contribution in [0, 0.1) is 17.1 Å². The van der Waals surface area contributed by atoms with Crippen LogP contribution in [0.25, 0.3) is 0 Å². The number of aromatic nitrogens is 2. The van der Waals surface area contributed by atoms with Crippen LogP contribution in [0.5, 0.6) is 0 Å². The van der Waals surface area contributed by atoms with E-state index in [0.29, 0.717) is 5.56 Å². The average Bonchev–Trinajstić information content (AvgIpc) is 3.23. The smallest absolute Gasteiger partial charge is 0.134 e. The summed E-state index contributed by atoms with van der Waals surface area (Å²) < 4.78 is 13.4. The number of rotatable bonds is 3. The van der Waals surface area contributed by atoms with E-state index in [4.69, 9.17) is 0 Å².